The van der Waals surface area contributed by atoms with Crippen LogP contribution in [0, 0.1) is 6.92 Å². The number of nitrogens with zero attached hydrogens (tertiary/aromatic N) is 3. The maximum absolute atomic E-state index is 13.3. The van der Waals surface area contributed by atoms with Crippen molar-refractivity contribution in [2.24, 2.45) is 0 Å². The zero-order valence-electron chi connectivity index (χ0n) is 17.1. The molecule has 0 unspecified atom stereocenters. The van der Waals surface area contributed by atoms with Crippen LogP contribution in [0.1, 0.15) is 26.4 Å². The third-order valence-corrected chi connectivity index (χ3v) is 5.13. The SMILES string of the molecule is Cc1noc2nc(-c3ccccc3)cc(C(=O)Nc3cc(C(=O)N(C)C)ccc3Cl)c12. The number of benzene rings is 2. The molecule has 0 aliphatic heterocycles. The second-order valence-electron chi connectivity index (χ2n) is 7.22. The minimum absolute atomic E-state index is 0.195. The molecule has 0 aliphatic carbocycles. The van der Waals surface area contributed by atoms with Gasteiger partial charge in [-0.15, -0.1) is 0 Å². The number of carbonyl (C=O) groups excluding carboxylic acids is 2. The van der Waals surface area contributed by atoms with Gasteiger partial charge < -0.3 is 14.7 Å². The fourth-order valence-corrected chi connectivity index (χ4v) is 3.40. The van der Waals surface area contributed by atoms with E-state index in [1.807, 2.05) is 30.3 Å². The zero-order valence-corrected chi connectivity index (χ0v) is 17.9. The van der Waals surface area contributed by atoms with Crippen LogP contribution >= 0.6 is 11.6 Å². The number of aromatic nitrogens is 2. The van der Waals surface area contributed by atoms with Gasteiger partial charge in [0.05, 0.1) is 33.0 Å². The monoisotopic (exact) mass is 434 g/mol. The van der Waals surface area contributed by atoms with E-state index in [1.165, 1.54) is 4.90 Å². The zero-order chi connectivity index (χ0) is 22.1. The Labute approximate surface area is 183 Å². The number of pyridine rings is 1. The number of amides is 2. The van der Waals surface area contributed by atoms with Crippen LogP contribution in [-0.2, 0) is 0 Å². The Hall–Kier alpha value is -3.71. The van der Waals surface area contributed by atoms with E-state index in [2.05, 4.69) is 15.5 Å². The molecule has 2 aromatic heterocycles. The quantitative estimate of drug-likeness (QED) is 0.498. The minimum atomic E-state index is -0.410. The van der Waals surface area contributed by atoms with E-state index in [-0.39, 0.29) is 11.6 Å². The first-order valence-corrected chi connectivity index (χ1v) is 9.88. The third-order valence-electron chi connectivity index (χ3n) is 4.80. The van der Waals surface area contributed by atoms with Crippen LogP contribution in [0.2, 0.25) is 5.02 Å². The first-order chi connectivity index (χ1) is 14.8. The molecule has 1 N–H and O–H groups in total. The molecular formula is C23H19ClN4O3. The van der Waals surface area contributed by atoms with E-state index in [4.69, 9.17) is 16.1 Å². The summed E-state index contributed by atoms with van der Waals surface area (Å²) in [5.41, 5.74) is 3.33. The van der Waals surface area contributed by atoms with E-state index in [1.54, 1.807) is 45.3 Å². The van der Waals surface area contributed by atoms with E-state index in [0.717, 1.165) is 5.56 Å². The molecule has 0 fully saturated rings. The van der Waals surface area contributed by atoms with E-state index < -0.39 is 5.91 Å². The van der Waals surface area contributed by atoms with Crippen molar-refractivity contribution < 1.29 is 14.1 Å². The Morgan fingerprint density at radius 3 is 2.52 bits per heavy atom. The molecule has 2 aromatic carbocycles. The summed E-state index contributed by atoms with van der Waals surface area (Å²) < 4.78 is 5.34. The number of aryl methyl sites for hydroxylation is 1. The molecule has 0 bridgehead atoms. The molecule has 4 rings (SSSR count). The second kappa shape index (κ2) is 8.20. The summed E-state index contributed by atoms with van der Waals surface area (Å²) in [7, 11) is 3.31. The van der Waals surface area contributed by atoms with Crippen LogP contribution in [0.25, 0.3) is 22.4 Å². The summed E-state index contributed by atoms with van der Waals surface area (Å²) in [5, 5.41) is 7.61. The Morgan fingerprint density at radius 1 is 1.06 bits per heavy atom. The van der Waals surface area contributed by atoms with Gasteiger partial charge in [0, 0.05) is 25.2 Å². The first kappa shape index (κ1) is 20.6. The van der Waals surface area contributed by atoms with Crippen molar-refractivity contribution in [3.05, 3.63) is 76.4 Å². The summed E-state index contributed by atoms with van der Waals surface area (Å²) in [6.07, 6.45) is 0. The highest BCUT2D eigenvalue weighted by Gasteiger charge is 2.21. The van der Waals surface area contributed by atoms with Crippen molar-refractivity contribution in [2.45, 2.75) is 6.92 Å². The summed E-state index contributed by atoms with van der Waals surface area (Å²) in [5.74, 6) is -0.605. The van der Waals surface area contributed by atoms with Gasteiger partial charge in [-0.1, -0.05) is 47.1 Å². The van der Waals surface area contributed by atoms with Gasteiger partial charge in [0.1, 0.15) is 0 Å². The average Bonchev–Trinajstić information content (AvgIpc) is 3.15. The van der Waals surface area contributed by atoms with Crippen molar-refractivity contribution >= 4 is 40.2 Å². The molecule has 0 saturated heterocycles. The Bertz CT molecular complexity index is 1300. The first-order valence-electron chi connectivity index (χ1n) is 9.50. The number of halogens is 1. The molecule has 8 heteroatoms. The maximum Gasteiger partial charge on any atom is 0.259 e. The number of fused-ring (bicyclic) bond motifs is 1. The van der Waals surface area contributed by atoms with E-state index in [9.17, 15) is 9.59 Å². The molecule has 4 aromatic rings. The molecular weight excluding hydrogens is 416 g/mol. The number of carbonyl (C=O) groups is 2. The summed E-state index contributed by atoms with van der Waals surface area (Å²) in [6.45, 7) is 1.75. The van der Waals surface area contributed by atoms with Gasteiger partial charge in [-0.2, -0.15) is 0 Å². The van der Waals surface area contributed by atoms with E-state index in [0.29, 0.717) is 38.6 Å². The maximum atomic E-state index is 13.3. The van der Waals surface area contributed by atoms with Crippen LogP contribution in [0.5, 0.6) is 0 Å². The molecule has 2 amide bonds. The molecule has 0 radical (unpaired) electrons. The van der Waals surface area contributed by atoms with Gasteiger partial charge in [0.2, 0.25) is 0 Å². The topological polar surface area (TPSA) is 88.3 Å². The molecule has 2 heterocycles. The number of anilines is 1. The normalized spacial score (nSPS) is 10.8. The van der Waals surface area contributed by atoms with Crippen LogP contribution < -0.4 is 5.32 Å². The molecule has 0 spiro atoms. The Balaban J connectivity index is 1.77. The smallest absolute Gasteiger partial charge is 0.259 e. The van der Waals surface area contributed by atoms with Gasteiger partial charge in [-0.25, -0.2) is 4.98 Å². The molecule has 31 heavy (non-hydrogen) atoms. The molecule has 0 atom stereocenters. The number of hydrogen-bond donors (Lipinski definition) is 1. The van der Waals surface area contributed by atoms with Crippen LogP contribution in [0.15, 0.2) is 59.1 Å². The summed E-state index contributed by atoms with van der Waals surface area (Å²) in [6, 6.07) is 15.9. The lowest BCUT2D eigenvalue weighted by Crippen LogP contribution is -2.22. The van der Waals surface area contributed by atoms with Crippen molar-refractivity contribution in [1.82, 2.24) is 15.0 Å². The second-order valence-corrected chi connectivity index (χ2v) is 7.62. The van der Waals surface area contributed by atoms with Crippen molar-refractivity contribution in [3.63, 3.8) is 0 Å². The lowest BCUT2D eigenvalue weighted by atomic mass is 10.0. The van der Waals surface area contributed by atoms with Crippen molar-refractivity contribution in [1.29, 1.82) is 0 Å². The average molecular weight is 435 g/mol. The van der Waals surface area contributed by atoms with Gasteiger partial charge in [0.25, 0.3) is 17.5 Å². The highest BCUT2D eigenvalue weighted by atomic mass is 35.5. The third kappa shape index (κ3) is 4.00. The summed E-state index contributed by atoms with van der Waals surface area (Å²) >= 11 is 6.28. The largest absolute Gasteiger partial charge is 0.345 e. The van der Waals surface area contributed by atoms with E-state index >= 15 is 0 Å². The lowest BCUT2D eigenvalue weighted by Gasteiger charge is -2.13. The molecule has 0 saturated carbocycles. The standard InChI is InChI=1S/C23H19ClN4O3/c1-13-20-16(12-18(26-22(20)31-27-13)14-7-5-4-6-8-14)21(29)25-19-11-15(9-10-17(19)24)23(30)28(2)3/h4-12H,1-3H3,(H,25,29). The lowest BCUT2D eigenvalue weighted by molar-refractivity contribution is 0.0827. The number of hydrogen-bond acceptors (Lipinski definition) is 5. The Morgan fingerprint density at radius 2 is 1.81 bits per heavy atom. The van der Waals surface area contributed by atoms with Gasteiger partial charge in [-0.3, -0.25) is 9.59 Å². The van der Waals surface area contributed by atoms with Crippen LogP contribution in [0.4, 0.5) is 5.69 Å². The molecule has 7 nitrogen and oxygen atoms in total. The highest BCUT2D eigenvalue weighted by Crippen LogP contribution is 2.29. The fraction of sp³-hybridized carbons (Fsp3) is 0.130. The predicted octanol–water partition coefficient (Wildman–Crippen LogP) is 4.81. The van der Waals surface area contributed by atoms with Crippen molar-refractivity contribution in [3.8, 4) is 11.3 Å². The predicted molar refractivity (Wildman–Crippen MR) is 119 cm³/mol. The molecule has 0 aliphatic rings. The van der Waals surface area contributed by atoms with Gasteiger partial charge in [0.15, 0.2) is 0 Å². The fourth-order valence-electron chi connectivity index (χ4n) is 3.23. The highest BCUT2D eigenvalue weighted by molar-refractivity contribution is 6.34. The molecule has 156 valence electrons. The minimum Gasteiger partial charge on any atom is -0.345 e. The van der Waals surface area contributed by atoms with Crippen molar-refractivity contribution in [2.75, 3.05) is 19.4 Å². The number of rotatable bonds is 4. The number of nitrogens with one attached hydrogen (secondary N) is 1. The van der Waals surface area contributed by atoms with Gasteiger partial charge in [-0.05, 0) is 31.2 Å². The Kier molecular flexibility index (Phi) is 5.44. The summed E-state index contributed by atoms with van der Waals surface area (Å²) in [4.78, 5) is 31.5. The van der Waals surface area contributed by atoms with Gasteiger partial charge >= 0.3 is 0 Å². The van der Waals surface area contributed by atoms with Crippen LogP contribution in [-0.4, -0.2) is 41.0 Å². The van der Waals surface area contributed by atoms with Crippen LogP contribution in [0.3, 0.4) is 0 Å².